The van der Waals surface area contributed by atoms with E-state index in [1.807, 2.05) is 35.2 Å². The molecule has 0 radical (unpaired) electrons. The Morgan fingerprint density at radius 2 is 2.06 bits per heavy atom. The molecule has 1 aliphatic heterocycles. The van der Waals surface area contributed by atoms with Gasteiger partial charge in [0, 0.05) is 12.1 Å². The number of likely N-dealkylation sites (tertiary alicyclic amines) is 1. The summed E-state index contributed by atoms with van der Waals surface area (Å²) in [6.07, 6.45) is 0.302. The predicted octanol–water partition coefficient (Wildman–Crippen LogP) is 0.466. The zero-order valence-electron chi connectivity index (χ0n) is 9.71. The van der Waals surface area contributed by atoms with E-state index < -0.39 is 6.10 Å². The van der Waals surface area contributed by atoms with Crippen molar-refractivity contribution in [3.8, 4) is 11.8 Å². The lowest BCUT2D eigenvalue weighted by molar-refractivity contribution is 0.0772. The molecule has 0 spiro atoms. The monoisotopic (exact) mass is 231 g/mol. The second-order valence-corrected chi connectivity index (χ2v) is 4.24. The van der Waals surface area contributed by atoms with Gasteiger partial charge in [-0.2, -0.15) is 0 Å². The van der Waals surface area contributed by atoms with E-state index in [1.165, 1.54) is 0 Å². The van der Waals surface area contributed by atoms with E-state index in [-0.39, 0.29) is 12.6 Å². The van der Waals surface area contributed by atoms with Crippen molar-refractivity contribution >= 4 is 0 Å². The fraction of sp³-hybridized carbons (Fsp3) is 0.429. The number of hydrogen-bond donors (Lipinski definition) is 2. The van der Waals surface area contributed by atoms with Gasteiger partial charge in [-0.3, -0.25) is 4.90 Å². The summed E-state index contributed by atoms with van der Waals surface area (Å²) in [6.45, 7) is 1.39. The average molecular weight is 231 g/mol. The smallest absolute Gasteiger partial charge is 0.0730 e. The van der Waals surface area contributed by atoms with Crippen LogP contribution in [0.25, 0.3) is 0 Å². The third-order valence-corrected chi connectivity index (χ3v) is 3.10. The Kier molecular flexibility index (Phi) is 4.16. The Balaban J connectivity index is 1.93. The predicted molar refractivity (Wildman–Crippen MR) is 66.4 cm³/mol. The van der Waals surface area contributed by atoms with Gasteiger partial charge in [0.15, 0.2) is 0 Å². The quantitative estimate of drug-likeness (QED) is 0.727. The Morgan fingerprint density at radius 3 is 2.76 bits per heavy atom. The Labute approximate surface area is 102 Å². The summed E-state index contributed by atoms with van der Waals surface area (Å²) in [7, 11) is 0. The van der Waals surface area contributed by atoms with Crippen LogP contribution in [0.4, 0.5) is 0 Å². The van der Waals surface area contributed by atoms with Gasteiger partial charge in [-0.1, -0.05) is 30.0 Å². The molecule has 1 heterocycles. The molecule has 1 fully saturated rings. The maximum atomic E-state index is 9.63. The van der Waals surface area contributed by atoms with Crippen LogP contribution >= 0.6 is 0 Å². The molecule has 1 aromatic rings. The summed E-state index contributed by atoms with van der Waals surface area (Å²) in [4.78, 5) is 2.03. The number of nitrogens with zero attached hydrogens (tertiary/aromatic N) is 1. The number of benzene rings is 1. The summed E-state index contributed by atoms with van der Waals surface area (Å²) in [6, 6.07) is 9.66. The van der Waals surface area contributed by atoms with Gasteiger partial charge in [-0.15, -0.1) is 0 Å². The van der Waals surface area contributed by atoms with Gasteiger partial charge in [0.2, 0.25) is 0 Å². The van der Waals surface area contributed by atoms with Crippen LogP contribution in [0.15, 0.2) is 30.3 Å². The van der Waals surface area contributed by atoms with E-state index in [2.05, 4.69) is 11.8 Å². The second-order valence-electron chi connectivity index (χ2n) is 4.24. The molecule has 1 aliphatic rings. The topological polar surface area (TPSA) is 43.7 Å². The molecule has 0 unspecified atom stereocenters. The third kappa shape index (κ3) is 3.07. The minimum atomic E-state index is -0.418. The lowest BCUT2D eigenvalue weighted by Gasteiger charge is -2.21. The summed E-state index contributed by atoms with van der Waals surface area (Å²) in [5.41, 5.74) is 0.993. The lowest BCUT2D eigenvalue weighted by Crippen LogP contribution is -2.38. The standard InChI is InChI=1S/C14H17NO2/c16-11-13-14(17)8-10-15(13)9-4-7-12-5-2-1-3-6-12/h1-3,5-6,13-14,16-17H,8-11H2/t13-,14+/m0/s1. The van der Waals surface area contributed by atoms with E-state index in [4.69, 9.17) is 0 Å². The zero-order valence-corrected chi connectivity index (χ0v) is 9.71. The van der Waals surface area contributed by atoms with Crippen molar-refractivity contribution in [2.24, 2.45) is 0 Å². The van der Waals surface area contributed by atoms with E-state index in [0.29, 0.717) is 6.54 Å². The minimum Gasteiger partial charge on any atom is -0.395 e. The van der Waals surface area contributed by atoms with Crippen LogP contribution in [0.2, 0.25) is 0 Å². The van der Waals surface area contributed by atoms with Crippen molar-refractivity contribution in [1.29, 1.82) is 0 Å². The summed E-state index contributed by atoms with van der Waals surface area (Å²) < 4.78 is 0. The molecule has 2 N–H and O–H groups in total. The third-order valence-electron chi connectivity index (χ3n) is 3.10. The number of aliphatic hydroxyl groups excluding tert-OH is 2. The fourth-order valence-corrected chi connectivity index (χ4v) is 2.10. The largest absolute Gasteiger partial charge is 0.395 e. The molecular weight excluding hydrogens is 214 g/mol. The first-order valence-corrected chi connectivity index (χ1v) is 5.88. The van der Waals surface area contributed by atoms with Gasteiger partial charge in [0.25, 0.3) is 0 Å². The molecule has 0 amide bonds. The maximum Gasteiger partial charge on any atom is 0.0730 e. The van der Waals surface area contributed by atoms with Crippen LogP contribution < -0.4 is 0 Å². The highest BCUT2D eigenvalue weighted by Gasteiger charge is 2.31. The second kappa shape index (κ2) is 5.83. The van der Waals surface area contributed by atoms with Crippen molar-refractivity contribution in [2.45, 2.75) is 18.6 Å². The molecule has 0 aromatic heterocycles. The van der Waals surface area contributed by atoms with Gasteiger partial charge in [-0.25, -0.2) is 0 Å². The number of rotatable bonds is 2. The first-order valence-electron chi connectivity index (χ1n) is 5.88. The molecule has 90 valence electrons. The molecule has 1 saturated heterocycles. The average Bonchev–Trinajstić information content (AvgIpc) is 2.71. The van der Waals surface area contributed by atoms with Crippen LogP contribution in [0, 0.1) is 11.8 Å². The highest BCUT2D eigenvalue weighted by Crippen LogP contribution is 2.16. The summed E-state index contributed by atoms with van der Waals surface area (Å²) in [5, 5.41) is 18.8. The maximum absolute atomic E-state index is 9.63. The van der Waals surface area contributed by atoms with Crippen LogP contribution in [-0.2, 0) is 0 Å². The van der Waals surface area contributed by atoms with Gasteiger partial charge in [-0.05, 0) is 18.6 Å². The van der Waals surface area contributed by atoms with E-state index >= 15 is 0 Å². The van der Waals surface area contributed by atoms with Gasteiger partial charge < -0.3 is 10.2 Å². The van der Waals surface area contributed by atoms with Crippen LogP contribution in [0.5, 0.6) is 0 Å². The van der Waals surface area contributed by atoms with Gasteiger partial charge in [0.05, 0.1) is 25.3 Å². The zero-order chi connectivity index (χ0) is 12.1. The van der Waals surface area contributed by atoms with Crippen molar-refractivity contribution in [3.05, 3.63) is 35.9 Å². The van der Waals surface area contributed by atoms with Crippen LogP contribution in [0.1, 0.15) is 12.0 Å². The van der Waals surface area contributed by atoms with E-state index in [1.54, 1.807) is 0 Å². The Bertz CT molecular complexity index is 407. The van der Waals surface area contributed by atoms with Crippen LogP contribution in [0.3, 0.4) is 0 Å². The Morgan fingerprint density at radius 1 is 1.29 bits per heavy atom. The van der Waals surface area contributed by atoms with Crippen LogP contribution in [-0.4, -0.2) is 47.0 Å². The van der Waals surface area contributed by atoms with Gasteiger partial charge >= 0.3 is 0 Å². The first-order chi connectivity index (χ1) is 8.31. The lowest BCUT2D eigenvalue weighted by atomic mass is 10.2. The first kappa shape index (κ1) is 12.1. The normalized spacial score (nSPS) is 24.4. The molecule has 1 aromatic carbocycles. The number of aliphatic hydroxyl groups is 2. The van der Waals surface area contributed by atoms with Gasteiger partial charge in [0.1, 0.15) is 0 Å². The Hall–Kier alpha value is -1.34. The van der Waals surface area contributed by atoms with Crippen molar-refractivity contribution in [1.82, 2.24) is 4.90 Å². The molecule has 3 heteroatoms. The summed E-state index contributed by atoms with van der Waals surface area (Å²) in [5.74, 6) is 6.16. The van der Waals surface area contributed by atoms with E-state index in [9.17, 15) is 10.2 Å². The molecule has 0 aliphatic carbocycles. The molecule has 3 nitrogen and oxygen atoms in total. The fourth-order valence-electron chi connectivity index (χ4n) is 2.10. The van der Waals surface area contributed by atoms with Crippen molar-refractivity contribution in [2.75, 3.05) is 19.7 Å². The molecule has 0 bridgehead atoms. The molecule has 2 rings (SSSR count). The highest BCUT2D eigenvalue weighted by molar-refractivity contribution is 5.33. The van der Waals surface area contributed by atoms with Crippen molar-refractivity contribution in [3.63, 3.8) is 0 Å². The SMILES string of the molecule is OC[C@H]1[C@H](O)CCN1CC#Cc1ccccc1. The number of hydrogen-bond acceptors (Lipinski definition) is 3. The highest BCUT2D eigenvalue weighted by atomic mass is 16.3. The molecule has 17 heavy (non-hydrogen) atoms. The summed E-state index contributed by atoms with van der Waals surface area (Å²) >= 11 is 0. The molecular formula is C14H17NO2. The van der Waals surface area contributed by atoms with Crippen molar-refractivity contribution < 1.29 is 10.2 Å². The molecule has 0 saturated carbocycles. The minimum absolute atomic E-state index is 0.00577. The van der Waals surface area contributed by atoms with E-state index in [0.717, 1.165) is 18.5 Å². The molecule has 2 atom stereocenters.